The van der Waals surface area contributed by atoms with Crippen LogP contribution in [0.25, 0.3) is 11.1 Å². The second-order valence-electron chi connectivity index (χ2n) is 13.4. The number of hydrogen-bond donors (Lipinski definition) is 5. The number of nitrogens with zero attached hydrogens (tertiary/aromatic N) is 2. The predicted octanol–water partition coefficient (Wildman–Crippen LogP) is 2.13. The smallest absolute Gasteiger partial charge is 0.264 e. The average Bonchev–Trinajstić information content (AvgIpc) is 3.17. The Bertz CT molecular complexity index is 1930. The summed E-state index contributed by atoms with van der Waals surface area (Å²) in [6.45, 7) is 10.3. The van der Waals surface area contributed by atoms with E-state index in [2.05, 4.69) is 22.6 Å². The Balaban J connectivity index is 2.09. The van der Waals surface area contributed by atoms with E-state index in [4.69, 9.17) is 20.9 Å². The van der Waals surface area contributed by atoms with Crippen molar-refractivity contribution in [3.05, 3.63) is 95.1 Å². The number of hydrogen-bond acceptors (Lipinski definition) is 10. The molecule has 0 fully saturated rings. The second kappa shape index (κ2) is 21.1. The van der Waals surface area contributed by atoms with Gasteiger partial charge in [0.15, 0.2) is 0 Å². The summed E-state index contributed by atoms with van der Waals surface area (Å²) in [5.74, 6) is -2.55. The first-order valence-electron chi connectivity index (χ1n) is 18.1. The van der Waals surface area contributed by atoms with Gasteiger partial charge in [0.05, 0.1) is 13.1 Å². The molecule has 2 unspecified atom stereocenters. The van der Waals surface area contributed by atoms with Crippen molar-refractivity contribution in [3.63, 3.8) is 0 Å². The molecule has 15 nitrogen and oxygen atoms in total. The van der Waals surface area contributed by atoms with Gasteiger partial charge in [-0.15, -0.1) is 0 Å². The monoisotopic (exact) mass is 771 g/mol. The zero-order chi connectivity index (χ0) is 41.5. The summed E-state index contributed by atoms with van der Waals surface area (Å²) in [6.07, 6.45) is 1.36. The summed E-state index contributed by atoms with van der Waals surface area (Å²) in [4.78, 5) is 78.5. The number of ketones is 1. The summed E-state index contributed by atoms with van der Waals surface area (Å²) < 4.78 is 12.1. The molecular formula is C41H53N7O8. The third kappa shape index (κ3) is 12.2. The van der Waals surface area contributed by atoms with E-state index in [-0.39, 0.29) is 51.0 Å². The van der Waals surface area contributed by atoms with Gasteiger partial charge in [0, 0.05) is 49.8 Å². The number of carbonyl (C=O) groups excluding carboxylic acids is 6. The molecule has 0 radical (unpaired) electrons. The van der Waals surface area contributed by atoms with Crippen LogP contribution >= 0.6 is 0 Å². The molecule has 0 bridgehead atoms. The topological polar surface area (TPSA) is 215 Å². The lowest BCUT2D eigenvalue weighted by atomic mass is 9.93. The van der Waals surface area contributed by atoms with E-state index in [0.29, 0.717) is 33.8 Å². The van der Waals surface area contributed by atoms with E-state index in [9.17, 15) is 28.8 Å². The van der Waals surface area contributed by atoms with Gasteiger partial charge < -0.3 is 36.5 Å². The van der Waals surface area contributed by atoms with Crippen LogP contribution in [0.5, 0.6) is 11.5 Å². The minimum absolute atomic E-state index is 0.153. The van der Waals surface area contributed by atoms with E-state index in [1.165, 1.54) is 25.9 Å². The van der Waals surface area contributed by atoms with Crippen molar-refractivity contribution in [1.82, 2.24) is 26.0 Å². The molecule has 3 rings (SSSR count). The molecule has 0 aliphatic carbocycles. The van der Waals surface area contributed by atoms with Crippen molar-refractivity contribution in [2.24, 2.45) is 17.4 Å². The average molecular weight is 772 g/mol. The SMILES string of the molecule is C=CC(=O)N(C)NC(=O)C(C)Cc1ccc(OCCN)c(-c2cc(C(C(=O)NCC(C)=O)N(C)C(=O)CNC(=O)c3ccc(C)cc3C)ccc2OCCN)c1. The van der Waals surface area contributed by atoms with E-state index in [1.54, 1.807) is 56.3 Å². The molecular weight excluding hydrogens is 718 g/mol. The van der Waals surface area contributed by atoms with Crippen LogP contribution in [0.1, 0.15) is 52.5 Å². The molecule has 2 atom stereocenters. The van der Waals surface area contributed by atoms with Crippen LogP contribution in [0.3, 0.4) is 0 Å². The molecule has 3 aromatic rings. The van der Waals surface area contributed by atoms with Crippen LogP contribution in [0.2, 0.25) is 0 Å². The Morgan fingerprint density at radius 2 is 1.45 bits per heavy atom. The van der Waals surface area contributed by atoms with Gasteiger partial charge in [-0.25, -0.2) is 0 Å². The summed E-state index contributed by atoms with van der Waals surface area (Å²) >= 11 is 0. The summed E-state index contributed by atoms with van der Waals surface area (Å²) in [5.41, 5.74) is 18.4. The molecule has 0 saturated heterocycles. The summed E-state index contributed by atoms with van der Waals surface area (Å²) in [6, 6.07) is 14.4. The predicted molar refractivity (Wildman–Crippen MR) is 212 cm³/mol. The largest absolute Gasteiger partial charge is 0.492 e. The standard InChI is InChI=1S/C41H53N7O8/c1-8-36(50)48(7)46-39(52)27(4)20-29-10-13-34(55-17-15-42)32(21-29)33-22-30(11-14-35(33)56-18-16-43)38(41(54)44-23-28(5)49)47(6)37(51)24-45-40(53)31-12-9-25(2)19-26(31)3/h8-14,19,21-22,27,38H,1,15-18,20,23-24,42-43H2,2-7H3,(H,44,54)(H,45,53)(H,46,52). The first-order valence-corrected chi connectivity index (χ1v) is 18.1. The molecule has 0 aromatic heterocycles. The minimum Gasteiger partial charge on any atom is -0.492 e. The number of benzene rings is 3. The van der Waals surface area contributed by atoms with Gasteiger partial charge >= 0.3 is 0 Å². The Hall–Kier alpha value is -6.06. The Morgan fingerprint density at radius 3 is 2.04 bits per heavy atom. The minimum atomic E-state index is -1.25. The normalized spacial score (nSPS) is 11.7. The Kier molecular flexibility index (Phi) is 16.7. The Labute approximate surface area is 327 Å². The lowest BCUT2D eigenvalue weighted by Crippen LogP contribution is -2.46. The van der Waals surface area contributed by atoms with Gasteiger partial charge in [-0.2, -0.15) is 0 Å². The van der Waals surface area contributed by atoms with Crippen LogP contribution in [0.4, 0.5) is 0 Å². The number of ether oxygens (including phenoxy) is 2. The number of likely N-dealkylation sites (N-methyl/N-ethyl adjacent to an activating group) is 2. The number of Topliss-reactive ketones (excluding diaryl/α,β-unsaturated/α-hetero) is 1. The van der Waals surface area contributed by atoms with Gasteiger partial charge in [-0.3, -0.25) is 39.2 Å². The highest BCUT2D eigenvalue weighted by molar-refractivity contribution is 5.98. The van der Waals surface area contributed by atoms with Crippen molar-refractivity contribution in [2.75, 3.05) is 53.5 Å². The van der Waals surface area contributed by atoms with E-state index < -0.39 is 42.1 Å². The maximum atomic E-state index is 13.8. The number of aryl methyl sites for hydroxylation is 2. The molecule has 3 aromatic carbocycles. The lowest BCUT2D eigenvalue weighted by Gasteiger charge is -2.29. The fraction of sp³-hybridized carbons (Fsp3) is 0.366. The number of nitrogens with two attached hydrogens (primary N) is 2. The highest BCUT2D eigenvalue weighted by Gasteiger charge is 2.30. The molecule has 0 spiro atoms. The highest BCUT2D eigenvalue weighted by atomic mass is 16.5. The summed E-state index contributed by atoms with van der Waals surface area (Å²) in [7, 11) is 2.86. The molecule has 5 amide bonds. The van der Waals surface area contributed by atoms with Crippen molar-refractivity contribution < 1.29 is 38.2 Å². The van der Waals surface area contributed by atoms with Crippen LogP contribution in [0, 0.1) is 19.8 Å². The second-order valence-corrected chi connectivity index (χ2v) is 13.4. The molecule has 300 valence electrons. The molecule has 56 heavy (non-hydrogen) atoms. The van der Waals surface area contributed by atoms with Crippen LogP contribution in [-0.2, 0) is 30.4 Å². The van der Waals surface area contributed by atoms with Gasteiger partial charge in [0.2, 0.25) is 17.7 Å². The third-order valence-corrected chi connectivity index (χ3v) is 8.74. The van der Waals surface area contributed by atoms with Crippen molar-refractivity contribution in [1.29, 1.82) is 0 Å². The maximum Gasteiger partial charge on any atom is 0.264 e. The fourth-order valence-electron chi connectivity index (χ4n) is 5.79. The van der Waals surface area contributed by atoms with Crippen LogP contribution < -0.4 is 37.0 Å². The first-order chi connectivity index (χ1) is 26.6. The van der Waals surface area contributed by atoms with Crippen molar-refractivity contribution in [3.8, 4) is 22.6 Å². The van der Waals surface area contributed by atoms with Crippen LogP contribution in [-0.4, -0.2) is 98.7 Å². The number of hydrazine groups is 1. The number of rotatable bonds is 19. The zero-order valence-corrected chi connectivity index (χ0v) is 32.9. The van der Waals surface area contributed by atoms with E-state index >= 15 is 0 Å². The molecule has 15 heteroatoms. The number of amides is 5. The van der Waals surface area contributed by atoms with Gasteiger partial charge in [-0.05, 0) is 80.3 Å². The van der Waals surface area contributed by atoms with Gasteiger partial charge in [0.1, 0.15) is 36.5 Å². The van der Waals surface area contributed by atoms with Gasteiger partial charge in [-0.1, -0.05) is 43.3 Å². The molecule has 0 heterocycles. The van der Waals surface area contributed by atoms with Gasteiger partial charge in [0.25, 0.3) is 11.8 Å². The molecule has 0 aliphatic heterocycles. The van der Waals surface area contributed by atoms with Crippen LogP contribution in [0.15, 0.2) is 67.3 Å². The molecule has 0 aliphatic rings. The highest BCUT2D eigenvalue weighted by Crippen LogP contribution is 2.40. The fourth-order valence-corrected chi connectivity index (χ4v) is 5.79. The van der Waals surface area contributed by atoms with E-state index in [0.717, 1.165) is 27.8 Å². The molecule has 0 saturated carbocycles. The summed E-state index contributed by atoms with van der Waals surface area (Å²) in [5, 5.41) is 6.32. The maximum absolute atomic E-state index is 13.8. The Morgan fingerprint density at radius 1 is 0.821 bits per heavy atom. The quantitative estimate of drug-likeness (QED) is 0.0884. The number of nitrogens with one attached hydrogen (secondary N) is 3. The third-order valence-electron chi connectivity index (χ3n) is 8.74. The van der Waals surface area contributed by atoms with Crippen molar-refractivity contribution in [2.45, 2.75) is 40.2 Å². The van der Waals surface area contributed by atoms with E-state index in [1.807, 2.05) is 19.1 Å². The number of carbonyl (C=O) groups is 6. The zero-order valence-electron chi connectivity index (χ0n) is 32.9. The lowest BCUT2D eigenvalue weighted by molar-refractivity contribution is -0.138. The molecule has 7 N–H and O–H groups in total. The van der Waals surface area contributed by atoms with Crippen molar-refractivity contribution >= 4 is 35.3 Å². The first kappa shape index (κ1) is 44.3.